The largest absolute Gasteiger partial charge is 0.299 e. The Labute approximate surface area is 119 Å². The number of hydrogen-bond acceptors (Lipinski definition) is 3. The van der Waals surface area contributed by atoms with Crippen LogP contribution in [0.25, 0.3) is 0 Å². The lowest BCUT2D eigenvalue weighted by atomic mass is 9.71. The maximum atomic E-state index is 12.1. The summed E-state index contributed by atoms with van der Waals surface area (Å²) in [5.74, 6) is 0.763. The zero-order chi connectivity index (χ0) is 13.5. The van der Waals surface area contributed by atoms with Crippen LogP contribution in [-0.4, -0.2) is 23.8 Å². The van der Waals surface area contributed by atoms with Crippen molar-refractivity contribution < 1.29 is 4.79 Å². The molecule has 3 heteroatoms. The van der Waals surface area contributed by atoms with Crippen molar-refractivity contribution in [2.24, 2.45) is 11.3 Å². The molecule has 0 N–H and O–H groups in total. The third kappa shape index (κ3) is 2.92. The molecule has 1 unspecified atom stereocenters. The standard InChI is InChI=1S/C16H23NOS/c1-16(2)6-3-14(18)13(9-16)11-17-7-4-15-12(10-17)5-8-19-15/h5,8,13H,3-4,6-7,9-11H2,1-2H3. The summed E-state index contributed by atoms with van der Waals surface area (Å²) in [6.07, 6.45) is 4.09. The third-order valence-corrected chi connectivity index (χ3v) is 5.69. The Bertz CT molecular complexity index is 477. The van der Waals surface area contributed by atoms with Crippen molar-refractivity contribution in [2.45, 2.75) is 46.1 Å². The van der Waals surface area contributed by atoms with E-state index in [2.05, 4.69) is 30.2 Å². The van der Waals surface area contributed by atoms with Gasteiger partial charge in [0.25, 0.3) is 0 Å². The van der Waals surface area contributed by atoms with Crippen molar-refractivity contribution in [2.75, 3.05) is 13.1 Å². The Balaban J connectivity index is 1.64. The first-order chi connectivity index (χ1) is 9.03. The number of carbonyl (C=O) groups excluding carboxylic acids is 1. The first kappa shape index (κ1) is 13.3. The van der Waals surface area contributed by atoms with Crippen LogP contribution in [0.3, 0.4) is 0 Å². The Morgan fingerprint density at radius 1 is 1.42 bits per heavy atom. The van der Waals surface area contributed by atoms with Gasteiger partial charge >= 0.3 is 0 Å². The van der Waals surface area contributed by atoms with Crippen molar-refractivity contribution in [3.63, 3.8) is 0 Å². The van der Waals surface area contributed by atoms with E-state index < -0.39 is 0 Å². The van der Waals surface area contributed by atoms with E-state index in [1.807, 2.05) is 11.3 Å². The van der Waals surface area contributed by atoms with Crippen molar-refractivity contribution in [1.29, 1.82) is 0 Å². The van der Waals surface area contributed by atoms with Gasteiger partial charge < -0.3 is 0 Å². The fourth-order valence-electron chi connectivity index (χ4n) is 3.49. The van der Waals surface area contributed by atoms with Crippen molar-refractivity contribution in [3.05, 3.63) is 21.9 Å². The predicted octanol–water partition coefficient (Wildman–Crippen LogP) is 3.50. The molecule has 1 atom stereocenters. The van der Waals surface area contributed by atoms with Crippen LogP contribution in [0.4, 0.5) is 0 Å². The highest BCUT2D eigenvalue weighted by molar-refractivity contribution is 7.10. The van der Waals surface area contributed by atoms with Gasteiger partial charge in [-0.15, -0.1) is 11.3 Å². The molecule has 1 aromatic rings. The average Bonchev–Trinajstić information content (AvgIpc) is 2.81. The molecule has 19 heavy (non-hydrogen) atoms. The summed E-state index contributed by atoms with van der Waals surface area (Å²) in [4.78, 5) is 16.2. The Morgan fingerprint density at radius 2 is 2.26 bits per heavy atom. The summed E-state index contributed by atoms with van der Waals surface area (Å²) >= 11 is 1.88. The lowest BCUT2D eigenvalue weighted by molar-refractivity contribution is -0.127. The number of ketones is 1. The molecule has 2 aliphatic rings. The molecule has 0 bridgehead atoms. The summed E-state index contributed by atoms with van der Waals surface area (Å²) in [5.41, 5.74) is 1.83. The van der Waals surface area contributed by atoms with Crippen molar-refractivity contribution in [3.8, 4) is 0 Å². The third-order valence-electron chi connectivity index (χ3n) is 4.67. The van der Waals surface area contributed by atoms with E-state index in [1.54, 1.807) is 4.88 Å². The highest BCUT2D eigenvalue weighted by Crippen LogP contribution is 2.37. The highest BCUT2D eigenvalue weighted by Gasteiger charge is 2.34. The topological polar surface area (TPSA) is 20.3 Å². The van der Waals surface area contributed by atoms with E-state index >= 15 is 0 Å². The smallest absolute Gasteiger partial charge is 0.137 e. The molecule has 1 aliphatic heterocycles. The summed E-state index contributed by atoms with van der Waals surface area (Å²) in [6, 6.07) is 2.25. The molecule has 3 rings (SSSR count). The van der Waals surface area contributed by atoms with Gasteiger partial charge in [0.15, 0.2) is 0 Å². The van der Waals surface area contributed by atoms with Gasteiger partial charge in [0, 0.05) is 36.9 Å². The van der Waals surface area contributed by atoms with E-state index in [-0.39, 0.29) is 5.92 Å². The number of Topliss-reactive ketones (excluding diaryl/α,β-unsaturated/α-hetero) is 1. The van der Waals surface area contributed by atoms with E-state index in [4.69, 9.17) is 0 Å². The minimum absolute atomic E-state index is 0.268. The molecule has 1 aromatic heterocycles. The molecule has 1 aliphatic carbocycles. The lowest BCUT2D eigenvalue weighted by Gasteiger charge is -2.37. The molecule has 1 saturated carbocycles. The number of rotatable bonds is 2. The second kappa shape index (κ2) is 5.02. The van der Waals surface area contributed by atoms with Crippen LogP contribution in [0, 0.1) is 11.3 Å². The van der Waals surface area contributed by atoms with Crippen molar-refractivity contribution in [1.82, 2.24) is 4.90 Å². The minimum atomic E-state index is 0.268. The van der Waals surface area contributed by atoms with Crippen LogP contribution in [-0.2, 0) is 17.8 Å². The number of hydrogen-bond donors (Lipinski definition) is 0. The minimum Gasteiger partial charge on any atom is -0.299 e. The van der Waals surface area contributed by atoms with Crippen LogP contribution in [0.2, 0.25) is 0 Å². The molecule has 2 nitrogen and oxygen atoms in total. The first-order valence-electron chi connectivity index (χ1n) is 7.34. The van der Waals surface area contributed by atoms with E-state index in [1.165, 1.54) is 5.56 Å². The Morgan fingerprint density at radius 3 is 3.11 bits per heavy atom. The zero-order valence-corrected chi connectivity index (χ0v) is 12.8. The molecule has 0 amide bonds. The predicted molar refractivity (Wildman–Crippen MR) is 79.4 cm³/mol. The summed E-state index contributed by atoms with van der Waals surface area (Å²) in [6.45, 7) is 7.75. The molecule has 0 radical (unpaired) electrons. The highest BCUT2D eigenvalue weighted by atomic mass is 32.1. The van der Waals surface area contributed by atoms with E-state index in [0.717, 1.165) is 45.3 Å². The fraction of sp³-hybridized carbons (Fsp3) is 0.688. The normalized spacial score (nSPS) is 27.3. The quantitative estimate of drug-likeness (QED) is 0.824. The fourth-order valence-corrected chi connectivity index (χ4v) is 4.38. The van der Waals surface area contributed by atoms with Gasteiger partial charge in [0.2, 0.25) is 0 Å². The summed E-state index contributed by atoms with van der Waals surface area (Å²) in [7, 11) is 0. The van der Waals surface area contributed by atoms with Gasteiger partial charge in [0.1, 0.15) is 5.78 Å². The van der Waals surface area contributed by atoms with Gasteiger partial charge in [-0.05, 0) is 41.7 Å². The van der Waals surface area contributed by atoms with Crippen LogP contribution < -0.4 is 0 Å². The zero-order valence-electron chi connectivity index (χ0n) is 11.9. The number of thiophene rings is 1. The molecular formula is C16H23NOS. The maximum Gasteiger partial charge on any atom is 0.137 e. The summed E-state index contributed by atoms with van der Waals surface area (Å²) < 4.78 is 0. The maximum absolute atomic E-state index is 12.1. The SMILES string of the molecule is CC1(C)CCC(=O)C(CN2CCc3sccc3C2)C1. The molecule has 1 fully saturated rings. The second-order valence-corrected chi connectivity index (χ2v) is 7.89. The molecular weight excluding hydrogens is 254 g/mol. The van der Waals surface area contributed by atoms with Gasteiger partial charge in [-0.2, -0.15) is 0 Å². The van der Waals surface area contributed by atoms with Gasteiger partial charge in [-0.25, -0.2) is 0 Å². The number of carbonyl (C=O) groups is 1. The Kier molecular flexibility index (Phi) is 3.52. The average molecular weight is 277 g/mol. The molecule has 0 aromatic carbocycles. The monoisotopic (exact) mass is 277 g/mol. The first-order valence-corrected chi connectivity index (χ1v) is 8.22. The van der Waals surface area contributed by atoms with Crippen molar-refractivity contribution >= 4 is 17.1 Å². The second-order valence-electron chi connectivity index (χ2n) is 6.89. The molecule has 2 heterocycles. The van der Waals surface area contributed by atoms with Crippen LogP contribution in [0.15, 0.2) is 11.4 Å². The molecule has 0 spiro atoms. The molecule has 0 saturated heterocycles. The van der Waals surface area contributed by atoms with Crippen LogP contribution >= 0.6 is 11.3 Å². The van der Waals surface area contributed by atoms with Gasteiger partial charge in [0.05, 0.1) is 0 Å². The number of nitrogens with zero attached hydrogens (tertiary/aromatic N) is 1. The van der Waals surface area contributed by atoms with Gasteiger partial charge in [-0.3, -0.25) is 9.69 Å². The lowest BCUT2D eigenvalue weighted by Crippen LogP contribution is -2.40. The number of fused-ring (bicyclic) bond motifs is 1. The van der Waals surface area contributed by atoms with E-state index in [9.17, 15) is 4.79 Å². The van der Waals surface area contributed by atoms with Gasteiger partial charge in [-0.1, -0.05) is 13.8 Å². The summed E-state index contributed by atoms with van der Waals surface area (Å²) in [5, 5.41) is 2.20. The molecule has 104 valence electrons. The van der Waals surface area contributed by atoms with Crippen LogP contribution in [0.5, 0.6) is 0 Å². The van der Waals surface area contributed by atoms with Crippen LogP contribution in [0.1, 0.15) is 43.6 Å². The van der Waals surface area contributed by atoms with E-state index in [0.29, 0.717) is 11.2 Å². The Hall–Kier alpha value is -0.670.